The van der Waals surface area contributed by atoms with Crippen molar-refractivity contribution in [3.63, 3.8) is 0 Å². The fraction of sp³-hybridized carbons (Fsp3) is 0.462. The van der Waals surface area contributed by atoms with Gasteiger partial charge in [0.1, 0.15) is 5.69 Å². The summed E-state index contributed by atoms with van der Waals surface area (Å²) in [5, 5.41) is 19.7. The zero-order chi connectivity index (χ0) is 14.5. The number of nitrogens with one attached hydrogen (secondary N) is 3. The summed E-state index contributed by atoms with van der Waals surface area (Å²) in [5.41, 5.74) is 1.31. The molecule has 1 atom stereocenters. The Bertz CT molecular complexity index is 518. The molecular formula is C13H18N4O3. The minimum atomic E-state index is -0.414. The van der Waals surface area contributed by atoms with Crippen molar-refractivity contribution in [1.82, 2.24) is 10.6 Å². The smallest absolute Gasteiger partial charge is 0.292 e. The summed E-state index contributed by atoms with van der Waals surface area (Å²) in [6.45, 7) is 1.16. The normalized spacial score (nSPS) is 18.4. The van der Waals surface area contributed by atoms with E-state index in [1.807, 2.05) is 6.07 Å². The molecular weight excluding hydrogens is 260 g/mol. The lowest BCUT2D eigenvalue weighted by atomic mass is 10.1. The van der Waals surface area contributed by atoms with E-state index in [1.54, 1.807) is 13.1 Å². The standard InChI is InChI=1S/C13H18N4O3/c1-14-10-5-4-9(7-12(10)17(19)20)8-16-11-3-2-6-15-13(11)18/h4-5,7,11,14,16H,2-3,6,8H2,1H3,(H,15,18)/t11-/m1/s1. The number of carbonyl (C=O) groups is 1. The molecule has 0 aromatic heterocycles. The Morgan fingerprint density at radius 3 is 2.95 bits per heavy atom. The summed E-state index contributed by atoms with van der Waals surface area (Å²) in [6.07, 6.45) is 1.74. The van der Waals surface area contributed by atoms with Gasteiger partial charge in [0, 0.05) is 26.2 Å². The SMILES string of the molecule is CNc1ccc(CN[C@@H]2CCCNC2=O)cc1[N+](=O)[O-]. The maximum atomic E-state index is 11.6. The topological polar surface area (TPSA) is 96.3 Å². The largest absolute Gasteiger partial charge is 0.383 e. The van der Waals surface area contributed by atoms with Gasteiger partial charge in [0.15, 0.2) is 0 Å². The lowest BCUT2D eigenvalue weighted by Crippen LogP contribution is -2.47. The number of piperidine rings is 1. The van der Waals surface area contributed by atoms with Gasteiger partial charge in [-0.3, -0.25) is 14.9 Å². The van der Waals surface area contributed by atoms with Crippen LogP contribution in [0.15, 0.2) is 18.2 Å². The molecule has 0 unspecified atom stereocenters. The number of amides is 1. The number of nitro groups is 1. The van der Waals surface area contributed by atoms with Crippen LogP contribution in [0.2, 0.25) is 0 Å². The van der Waals surface area contributed by atoms with Crippen molar-refractivity contribution in [2.75, 3.05) is 18.9 Å². The number of anilines is 1. The van der Waals surface area contributed by atoms with Gasteiger partial charge in [0.25, 0.3) is 5.69 Å². The quantitative estimate of drug-likeness (QED) is 0.551. The van der Waals surface area contributed by atoms with E-state index >= 15 is 0 Å². The lowest BCUT2D eigenvalue weighted by Gasteiger charge is -2.22. The van der Waals surface area contributed by atoms with E-state index in [-0.39, 0.29) is 17.6 Å². The predicted octanol–water partition coefficient (Wildman–Crippen LogP) is 1.00. The second-order valence-electron chi connectivity index (χ2n) is 4.73. The summed E-state index contributed by atoms with van der Waals surface area (Å²) in [6, 6.07) is 4.80. The van der Waals surface area contributed by atoms with Gasteiger partial charge in [0.05, 0.1) is 11.0 Å². The maximum absolute atomic E-state index is 11.6. The van der Waals surface area contributed by atoms with Gasteiger partial charge in [0.2, 0.25) is 5.91 Å². The molecule has 1 saturated heterocycles. The van der Waals surface area contributed by atoms with E-state index in [9.17, 15) is 14.9 Å². The summed E-state index contributed by atoms with van der Waals surface area (Å²) in [7, 11) is 1.65. The van der Waals surface area contributed by atoms with Crippen molar-refractivity contribution in [3.8, 4) is 0 Å². The molecule has 2 rings (SSSR count). The van der Waals surface area contributed by atoms with Crippen LogP contribution in [0.4, 0.5) is 11.4 Å². The second kappa shape index (κ2) is 6.33. The number of rotatable bonds is 5. The van der Waals surface area contributed by atoms with Gasteiger partial charge < -0.3 is 16.0 Å². The average molecular weight is 278 g/mol. The van der Waals surface area contributed by atoms with Gasteiger partial charge in [-0.25, -0.2) is 0 Å². The Hall–Kier alpha value is -2.15. The van der Waals surface area contributed by atoms with E-state index in [2.05, 4.69) is 16.0 Å². The van der Waals surface area contributed by atoms with Crippen LogP contribution >= 0.6 is 0 Å². The first-order chi connectivity index (χ1) is 9.61. The Morgan fingerprint density at radius 2 is 2.30 bits per heavy atom. The lowest BCUT2D eigenvalue weighted by molar-refractivity contribution is -0.384. The Morgan fingerprint density at radius 1 is 1.50 bits per heavy atom. The Labute approximate surface area is 116 Å². The molecule has 1 fully saturated rings. The molecule has 1 aromatic carbocycles. The first kappa shape index (κ1) is 14.3. The van der Waals surface area contributed by atoms with Crippen LogP contribution in [0.1, 0.15) is 18.4 Å². The zero-order valence-electron chi connectivity index (χ0n) is 11.3. The molecule has 0 aliphatic carbocycles. The van der Waals surface area contributed by atoms with Gasteiger partial charge in [-0.15, -0.1) is 0 Å². The summed E-state index contributed by atoms with van der Waals surface area (Å²) >= 11 is 0. The third-order valence-corrected chi connectivity index (χ3v) is 3.37. The molecule has 1 aromatic rings. The Balaban J connectivity index is 2.04. The maximum Gasteiger partial charge on any atom is 0.292 e. The van der Waals surface area contributed by atoms with Gasteiger partial charge in [-0.1, -0.05) is 6.07 Å². The van der Waals surface area contributed by atoms with E-state index in [4.69, 9.17) is 0 Å². The van der Waals surface area contributed by atoms with Crippen LogP contribution in [0, 0.1) is 10.1 Å². The van der Waals surface area contributed by atoms with Gasteiger partial charge >= 0.3 is 0 Å². The minimum absolute atomic E-state index is 0.00223. The third-order valence-electron chi connectivity index (χ3n) is 3.37. The fourth-order valence-electron chi connectivity index (χ4n) is 2.26. The van der Waals surface area contributed by atoms with Gasteiger partial charge in [-0.05, 0) is 24.5 Å². The molecule has 1 amide bonds. The van der Waals surface area contributed by atoms with Crippen molar-refractivity contribution in [1.29, 1.82) is 0 Å². The van der Waals surface area contributed by atoms with Crippen molar-refractivity contribution in [3.05, 3.63) is 33.9 Å². The zero-order valence-corrected chi connectivity index (χ0v) is 11.3. The molecule has 0 radical (unpaired) electrons. The van der Waals surface area contributed by atoms with Crippen LogP contribution < -0.4 is 16.0 Å². The highest BCUT2D eigenvalue weighted by atomic mass is 16.6. The molecule has 3 N–H and O–H groups in total. The van der Waals surface area contributed by atoms with Crippen molar-refractivity contribution in [2.24, 2.45) is 0 Å². The summed E-state index contributed by atoms with van der Waals surface area (Å²) in [5.74, 6) is -0.00223. The predicted molar refractivity (Wildman–Crippen MR) is 75.5 cm³/mol. The summed E-state index contributed by atoms with van der Waals surface area (Å²) in [4.78, 5) is 22.2. The fourth-order valence-corrected chi connectivity index (χ4v) is 2.26. The van der Waals surface area contributed by atoms with Crippen molar-refractivity contribution in [2.45, 2.75) is 25.4 Å². The number of benzene rings is 1. The first-order valence-electron chi connectivity index (χ1n) is 6.58. The molecule has 0 bridgehead atoms. The average Bonchev–Trinajstić information content (AvgIpc) is 2.46. The molecule has 7 nitrogen and oxygen atoms in total. The van der Waals surface area contributed by atoms with Crippen LogP contribution in [-0.4, -0.2) is 30.5 Å². The number of hydrogen-bond acceptors (Lipinski definition) is 5. The van der Waals surface area contributed by atoms with Crippen LogP contribution in [-0.2, 0) is 11.3 Å². The number of nitrogens with zero attached hydrogens (tertiary/aromatic N) is 1. The van der Waals surface area contributed by atoms with E-state index in [0.717, 1.165) is 24.9 Å². The number of carbonyl (C=O) groups excluding carboxylic acids is 1. The molecule has 108 valence electrons. The monoisotopic (exact) mass is 278 g/mol. The molecule has 1 aliphatic rings. The molecule has 0 saturated carbocycles. The highest BCUT2D eigenvalue weighted by Gasteiger charge is 2.21. The van der Waals surface area contributed by atoms with E-state index in [1.165, 1.54) is 6.07 Å². The van der Waals surface area contributed by atoms with Crippen LogP contribution in [0.5, 0.6) is 0 Å². The molecule has 20 heavy (non-hydrogen) atoms. The van der Waals surface area contributed by atoms with Crippen LogP contribution in [0.3, 0.4) is 0 Å². The number of nitro benzene ring substituents is 1. The van der Waals surface area contributed by atoms with E-state index in [0.29, 0.717) is 12.2 Å². The summed E-state index contributed by atoms with van der Waals surface area (Å²) < 4.78 is 0. The first-order valence-corrected chi connectivity index (χ1v) is 6.58. The van der Waals surface area contributed by atoms with Gasteiger partial charge in [-0.2, -0.15) is 0 Å². The Kier molecular flexibility index (Phi) is 4.52. The van der Waals surface area contributed by atoms with E-state index < -0.39 is 4.92 Å². The van der Waals surface area contributed by atoms with Crippen LogP contribution in [0.25, 0.3) is 0 Å². The van der Waals surface area contributed by atoms with Crippen molar-refractivity contribution < 1.29 is 9.72 Å². The molecule has 1 aliphatic heterocycles. The second-order valence-corrected chi connectivity index (χ2v) is 4.73. The highest BCUT2D eigenvalue weighted by Crippen LogP contribution is 2.25. The number of hydrogen-bond donors (Lipinski definition) is 3. The highest BCUT2D eigenvalue weighted by molar-refractivity contribution is 5.82. The molecule has 1 heterocycles. The molecule has 7 heteroatoms. The third kappa shape index (κ3) is 3.24. The molecule has 0 spiro atoms. The minimum Gasteiger partial charge on any atom is -0.383 e. The van der Waals surface area contributed by atoms with Crippen molar-refractivity contribution >= 4 is 17.3 Å².